The number of amides is 1. The van der Waals surface area contributed by atoms with Crippen molar-refractivity contribution in [2.75, 3.05) is 5.32 Å². The monoisotopic (exact) mass is 310 g/mol. The maximum Gasteiger partial charge on any atom is 0.275 e. The van der Waals surface area contributed by atoms with Crippen LogP contribution >= 0.6 is 27.3 Å². The van der Waals surface area contributed by atoms with Crippen LogP contribution in [0.1, 0.15) is 21.1 Å². The molecule has 0 spiro atoms. The number of anilines is 1. The maximum absolute atomic E-state index is 11.9. The second kappa shape index (κ2) is 5.42. The zero-order valence-corrected chi connectivity index (χ0v) is 11.6. The number of aromatic nitrogens is 1. The van der Waals surface area contributed by atoms with Gasteiger partial charge in [-0.25, -0.2) is 4.98 Å². The molecule has 2 rings (SSSR count). The number of thiazole rings is 1. The SMILES string of the molecule is Cc1nc(C(=O)Nc2ccccc2CBr)cs1. The summed E-state index contributed by atoms with van der Waals surface area (Å²) in [5, 5.41) is 6.23. The molecule has 0 aliphatic carbocycles. The highest BCUT2D eigenvalue weighted by Crippen LogP contribution is 2.19. The molecular weight excluding hydrogens is 300 g/mol. The van der Waals surface area contributed by atoms with E-state index in [2.05, 4.69) is 26.2 Å². The van der Waals surface area contributed by atoms with E-state index in [0.29, 0.717) is 11.0 Å². The van der Waals surface area contributed by atoms with Crippen molar-refractivity contribution < 1.29 is 4.79 Å². The Morgan fingerprint density at radius 1 is 1.47 bits per heavy atom. The predicted molar refractivity (Wildman–Crippen MR) is 73.9 cm³/mol. The fraction of sp³-hybridized carbons (Fsp3) is 0.167. The molecular formula is C12H11BrN2OS. The molecule has 0 bridgehead atoms. The normalized spacial score (nSPS) is 10.2. The Balaban J connectivity index is 2.18. The summed E-state index contributed by atoms with van der Waals surface area (Å²) in [5.74, 6) is -0.164. The van der Waals surface area contributed by atoms with E-state index in [0.717, 1.165) is 16.3 Å². The molecule has 1 aromatic carbocycles. The van der Waals surface area contributed by atoms with Crippen molar-refractivity contribution in [1.29, 1.82) is 0 Å². The molecule has 2 aromatic rings. The second-order valence-corrected chi connectivity index (χ2v) is 5.12. The summed E-state index contributed by atoms with van der Waals surface area (Å²) in [6.45, 7) is 1.88. The first-order chi connectivity index (χ1) is 8.20. The van der Waals surface area contributed by atoms with Crippen molar-refractivity contribution in [1.82, 2.24) is 4.98 Å². The fourth-order valence-corrected chi connectivity index (χ4v) is 2.49. The summed E-state index contributed by atoms with van der Waals surface area (Å²) in [6.07, 6.45) is 0. The summed E-state index contributed by atoms with van der Waals surface area (Å²) in [6, 6.07) is 7.69. The predicted octanol–water partition coefficient (Wildman–Crippen LogP) is 3.60. The quantitative estimate of drug-likeness (QED) is 0.880. The van der Waals surface area contributed by atoms with Crippen LogP contribution < -0.4 is 5.32 Å². The van der Waals surface area contributed by atoms with Crippen LogP contribution in [0.25, 0.3) is 0 Å². The van der Waals surface area contributed by atoms with E-state index in [1.165, 1.54) is 11.3 Å². The molecule has 0 unspecified atom stereocenters. The van der Waals surface area contributed by atoms with Crippen LogP contribution in [-0.2, 0) is 5.33 Å². The molecule has 0 saturated carbocycles. The van der Waals surface area contributed by atoms with E-state index < -0.39 is 0 Å². The molecule has 3 nitrogen and oxygen atoms in total. The smallest absolute Gasteiger partial charge is 0.275 e. The van der Waals surface area contributed by atoms with Crippen LogP contribution in [0.4, 0.5) is 5.69 Å². The number of hydrogen-bond acceptors (Lipinski definition) is 3. The highest BCUT2D eigenvalue weighted by molar-refractivity contribution is 9.08. The Bertz CT molecular complexity index is 539. The molecule has 0 radical (unpaired) electrons. The lowest BCUT2D eigenvalue weighted by molar-refractivity contribution is 0.102. The van der Waals surface area contributed by atoms with Gasteiger partial charge in [0.05, 0.1) is 5.01 Å². The van der Waals surface area contributed by atoms with Gasteiger partial charge in [-0.2, -0.15) is 0 Å². The third-order valence-corrected chi connectivity index (χ3v) is 3.64. The molecule has 88 valence electrons. The standard InChI is InChI=1S/C12H11BrN2OS/c1-8-14-11(7-17-8)12(16)15-10-5-3-2-4-9(10)6-13/h2-5,7H,6H2,1H3,(H,15,16). The van der Waals surface area contributed by atoms with E-state index in [9.17, 15) is 4.79 Å². The minimum Gasteiger partial charge on any atom is -0.320 e. The molecule has 0 aliphatic rings. The third-order valence-electron chi connectivity index (χ3n) is 2.26. The number of aryl methyl sites for hydroxylation is 1. The van der Waals surface area contributed by atoms with Crippen molar-refractivity contribution in [3.63, 3.8) is 0 Å². The molecule has 0 fully saturated rings. The van der Waals surface area contributed by atoms with Gasteiger partial charge in [-0.15, -0.1) is 11.3 Å². The van der Waals surface area contributed by atoms with E-state index in [4.69, 9.17) is 0 Å². The number of alkyl halides is 1. The molecule has 1 amide bonds. The lowest BCUT2D eigenvalue weighted by Gasteiger charge is -2.07. The average molecular weight is 311 g/mol. The van der Waals surface area contributed by atoms with Gasteiger partial charge in [0.2, 0.25) is 0 Å². The number of rotatable bonds is 3. The van der Waals surface area contributed by atoms with E-state index in [1.54, 1.807) is 5.38 Å². The largest absolute Gasteiger partial charge is 0.320 e. The molecule has 1 N–H and O–H groups in total. The van der Waals surface area contributed by atoms with Crippen LogP contribution in [0, 0.1) is 6.92 Å². The number of carbonyl (C=O) groups is 1. The molecule has 1 aromatic heterocycles. The van der Waals surface area contributed by atoms with Gasteiger partial charge in [-0.3, -0.25) is 4.79 Å². The fourth-order valence-electron chi connectivity index (χ4n) is 1.41. The van der Waals surface area contributed by atoms with Gasteiger partial charge in [0.15, 0.2) is 0 Å². The first-order valence-electron chi connectivity index (χ1n) is 5.08. The van der Waals surface area contributed by atoms with Crippen LogP contribution in [0.15, 0.2) is 29.6 Å². The topological polar surface area (TPSA) is 42.0 Å². The average Bonchev–Trinajstić information content (AvgIpc) is 2.77. The third kappa shape index (κ3) is 2.92. The van der Waals surface area contributed by atoms with Gasteiger partial charge in [-0.05, 0) is 18.6 Å². The lowest BCUT2D eigenvalue weighted by Crippen LogP contribution is -2.13. The van der Waals surface area contributed by atoms with Crippen molar-refractivity contribution in [2.24, 2.45) is 0 Å². The second-order valence-electron chi connectivity index (χ2n) is 3.50. The van der Waals surface area contributed by atoms with Gasteiger partial charge >= 0.3 is 0 Å². The Hall–Kier alpha value is -1.20. The van der Waals surface area contributed by atoms with E-state index >= 15 is 0 Å². The summed E-state index contributed by atoms with van der Waals surface area (Å²) in [5.41, 5.74) is 2.34. The van der Waals surface area contributed by atoms with Crippen molar-refractivity contribution in [3.05, 3.63) is 45.9 Å². The zero-order valence-electron chi connectivity index (χ0n) is 9.24. The highest BCUT2D eigenvalue weighted by Gasteiger charge is 2.10. The van der Waals surface area contributed by atoms with Crippen molar-refractivity contribution >= 4 is 38.9 Å². The Labute approximate surface area is 112 Å². The van der Waals surface area contributed by atoms with Crippen molar-refractivity contribution in [3.8, 4) is 0 Å². The number of carbonyl (C=O) groups excluding carboxylic acids is 1. The molecule has 0 aliphatic heterocycles. The lowest BCUT2D eigenvalue weighted by atomic mass is 10.2. The van der Waals surface area contributed by atoms with Gasteiger partial charge in [0, 0.05) is 16.4 Å². The zero-order chi connectivity index (χ0) is 12.3. The van der Waals surface area contributed by atoms with Crippen LogP contribution in [0.5, 0.6) is 0 Å². The Morgan fingerprint density at radius 3 is 2.88 bits per heavy atom. The van der Waals surface area contributed by atoms with Gasteiger partial charge in [0.1, 0.15) is 5.69 Å². The summed E-state index contributed by atoms with van der Waals surface area (Å²) < 4.78 is 0. The number of benzene rings is 1. The number of para-hydroxylation sites is 1. The molecule has 0 saturated heterocycles. The summed E-state index contributed by atoms with van der Waals surface area (Å²) in [4.78, 5) is 16.1. The highest BCUT2D eigenvalue weighted by atomic mass is 79.9. The first-order valence-corrected chi connectivity index (χ1v) is 7.08. The van der Waals surface area contributed by atoms with Gasteiger partial charge in [-0.1, -0.05) is 34.1 Å². The van der Waals surface area contributed by atoms with Gasteiger partial charge < -0.3 is 5.32 Å². The number of nitrogens with one attached hydrogen (secondary N) is 1. The number of halogens is 1. The Kier molecular flexibility index (Phi) is 3.91. The first kappa shape index (κ1) is 12.3. The van der Waals surface area contributed by atoms with Gasteiger partial charge in [0.25, 0.3) is 5.91 Å². The molecule has 17 heavy (non-hydrogen) atoms. The summed E-state index contributed by atoms with van der Waals surface area (Å²) in [7, 11) is 0. The minimum atomic E-state index is -0.164. The minimum absolute atomic E-state index is 0.164. The van der Waals surface area contributed by atoms with Crippen molar-refractivity contribution in [2.45, 2.75) is 12.3 Å². The number of hydrogen-bond donors (Lipinski definition) is 1. The molecule has 0 atom stereocenters. The molecule has 1 heterocycles. The van der Waals surface area contributed by atoms with E-state index in [-0.39, 0.29) is 5.91 Å². The molecule has 5 heteroatoms. The van der Waals surface area contributed by atoms with Crippen LogP contribution in [0.3, 0.4) is 0 Å². The Morgan fingerprint density at radius 2 is 2.24 bits per heavy atom. The number of nitrogens with zero attached hydrogens (tertiary/aromatic N) is 1. The summed E-state index contributed by atoms with van der Waals surface area (Å²) >= 11 is 4.87. The maximum atomic E-state index is 11.9. The van der Waals surface area contributed by atoms with E-state index in [1.807, 2.05) is 31.2 Å². The van der Waals surface area contributed by atoms with Crippen LogP contribution in [0.2, 0.25) is 0 Å². The van der Waals surface area contributed by atoms with Crippen LogP contribution in [-0.4, -0.2) is 10.9 Å².